The summed E-state index contributed by atoms with van der Waals surface area (Å²) in [5.41, 5.74) is 0. The van der Waals surface area contributed by atoms with Crippen LogP contribution in [-0.2, 0) is 4.74 Å². The van der Waals surface area contributed by atoms with E-state index in [1.165, 1.54) is 32.1 Å². The first-order valence-electron chi connectivity index (χ1n) is 5.48. The maximum absolute atomic E-state index is 8.73. The Balaban J connectivity index is 3.17. The summed E-state index contributed by atoms with van der Waals surface area (Å²) in [7, 11) is 1.73. The van der Waals surface area contributed by atoms with E-state index >= 15 is 0 Å². The first-order chi connectivity index (χ1) is 6.35. The molecule has 0 spiro atoms. The quantitative estimate of drug-likeness (QED) is 0.564. The minimum Gasteiger partial charge on any atom is -0.396 e. The van der Waals surface area contributed by atoms with E-state index in [1.54, 1.807) is 7.11 Å². The van der Waals surface area contributed by atoms with Crippen LogP contribution in [0.5, 0.6) is 0 Å². The number of ether oxygens (including phenoxy) is 1. The van der Waals surface area contributed by atoms with Crippen molar-refractivity contribution < 1.29 is 9.84 Å². The van der Waals surface area contributed by atoms with Crippen molar-refractivity contribution >= 4 is 0 Å². The fraction of sp³-hybridized carbons (Fsp3) is 1.00. The van der Waals surface area contributed by atoms with Gasteiger partial charge in [0, 0.05) is 13.7 Å². The highest BCUT2D eigenvalue weighted by Gasteiger charge is 2.04. The number of unbranched alkanes of at least 4 members (excludes halogenated alkanes) is 4. The number of hydrogen-bond acceptors (Lipinski definition) is 2. The van der Waals surface area contributed by atoms with Crippen LogP contribution in [0.15, 0.2) is 0 Å². The van der Waals surface area contributed by atoms with Crippen molar-refractivity contribution in [2.75, 3.05) is 13.7 Å². The van der Waals surface area contributed by atoms with Gasteiger partial charge in [-0.05, 0) is 12.8 Å². The predicted molar refractivity (Wildman–Crippen MR) is 55.9 cm³/mol. The van der Waals surface area contributed by atoms with Crippen LogP contribution in [0.3, 0.4) is 0 Å². The van der Waals surface area contributed by atoms with Crippen molar-refractivity contribution in [1.82, 2.24) is 0 Å². The molecule has 80 valence electrons. The van der Waals surface area contributed by atoms with E-state index < -0.39 is 0 Å². The summed E-state index contributed by atoms with van der Waals surface area (Å²) < 4.78 is 5.24. The number of aliphatic hydroxyl groups excluding tert-OH is 1. The Morgan fingerprint density at radius 1 is 1.08 bits per heavy atom. The molecule has 0 heterocycles. The highest BCUT2D eigenvalue weighted by atomic mass is 16.5. The Labute approximate surface area is 82.3 Å². The summed E-state index contributed by atoms with van der Waals surface area (Å²) in [5.74, 6) is 0. The van der Waals surface area contributed by atoms with Gasteiger partial charge in [0.1, 0.15) is 0 Å². The molecule has 0 fully saturated rings. The molecule has 0 saturated heterocycles. The van der Waals surface area contributed by atoms with Gasteiger partial charge in [-0.1, -0.05) is 39.0 Å². The molecule has 0 aromatic carbocycles. The highest BCUT2D eigenvalue weighted by molar-refractivity contribution is 4.57. The van der Waals surface area contributed by atoms with Crippen LogP contribution in [-0.4, -0.2) is 24.9 Å². The average molecular weight is 188 g/mol. The molecule has 1 N–H and O–H groups in total. The lowest BCUT2D eigenvalue weighted by atomic mass is 10.1. The molecule has 1 atom stereocenters. The van der Waals surface area contributed by atoms with Crippen molar-refractivity contribution in [3.8, 4) is 0 Å². The van der Waals surface area contributed by atoms with Crippen molar-refractivity contribution in [2.45, 2.75) is 58.0 Å². The van der Waals surface area contributed by atoms with Gasteiger partial charge in [-0.2, -0.15) is 0 Å². The summed E-state index contributed by atoms with van der Waals surface area (Å²) in [6.45, 7) is 2.47. The van der Waals surface area contributed by atoms with E-state index in [2.05, 4.69) is 6.92 Å². The van der Waals surface area contributed by atoms with Crippen LogP contribution in [0.25, 0.3) is 0 Å². The van der Waals surface area contributed by atoms with Crippen molar-refractivity contribution in [1.29, 1.82) is 0 Å². The molecule has 0 aliphatic rings. The normalized spacial score (nSPS) is 13.2. The van der Waals surface area contributed by atoms with Gasteiger partial charge >= 0.3 is 0 Å². The Morgan fingerprint density at radius 3 is 2.31 bits per heavy atom. The standard InChI is InChI=1S/C11H24O2/c1-3-4-5-6-7-8-11(13-2)9-10-12/h11-12H,3-10H2,1-2H3/t11-/m0/s1. The molecule has 13 heavy (non-hydrogen) atoms. The summed E-state index contributed by atoms with van der Waals surface area (Å²) in [5, 5.41) is 8.73. The first-order valence-corrected chi connectivity index (χ1v) is 5.48. The molecular formula is C11H24O2. The van der Waals surface area contributed by atoms with Crippen LogP contribution >= 0.6 is 0 Å². The molecule has 0 aromatic heterocycles. The van der Waals surface area contributed by atoms with Gasteiger partial charge in [-0.3, -0.25) is 0 Å². The van der Waals surface area contributed by atoms with Crippen LogP contribution in [0.4, 0.5) is 0 Å². The second-order valence-electron chi connectivity index (χ2n) is 3.57. The molecule has 0 aliphatic heterocycles. The fourth-order valence-electron chi connectivity index (χ4n) is 1.50. The van der Waals surface area contributed by atoms with Gasteiger partial charge in [0.25, 0.3) is 0 Å². The fourth-order valence-corrected chi connectivity index (χ4v) is 1.50. The molecular weight excluding hydrogens is 164 g/mol. The summed E-state index contributed by atoms with van der Waals surface area (Å²) in [6, 6.07) is 0. The molecule has 0 saturated carbocycles. The largest absolute Gasteiger partial charge is 0.396 e. The SMILES string of the molecule is CCCCCCC[C@@H](CCO)OC. The van der Waals surface area contributed by atoms with Crippen molar-refractivity contribution in [3.05, 3.63) is 0 Å². The minimum atomic E-state index is 0.244. The topological polar surface area (TPSA) is 29.5 Å². The number of methoxy groups -OCH3 is 1. The second kappa shape index (κ2) is 10.0. The van der Waals surface area contributed by atoms with Gasteiger partial charge < -0.3 is 9.84 Å². The monoisotopic (exact) mass is 188 g/mol. The van der Waals surface area contributed by atoms with Crippen molar-refractivity contribution in [2.24, 2.45) is 0 Å². The maximum Gasteiger partial charge on any atom is 0.0593 e. The highest BCUT2D eigenvalue weighted by Crippen LogP contribution is 2.10. The van der Waals surface area contributed by atoms with E-state index in [9.17, 15) is 0 Å². The third-order valence-electron chi connectivity index (χ3n) is 2.41. The predicted octanol–water partition coefficient (Wildman–Crippen LogP) is 2.74. The zero-order valence-electron chi connectivity index (χ0n) is 9.09. The minimum absolute atomic E-state index is 0.244. The zero-order valence-corrected chi connectivity index (χ0v) is 9.09. The molecule has 0 aromatic rings. The van der Waals surface area contributed by atoms with Crippen molar-refractivity contribution in [3.63, 3.8) is 0 Å². The van der Waals surface area contributed by atoms with Crippen LogP contribution < -0.4 is 0 Å². The molecule has 0 bridgehead atoms. The molecule has 0 radical (unpaired) electrons. The second-order valence-corrected chi connectivity index (χ2v) is 3.57. The smallest absolute Gasteiger partial charge is 0.0593 e. The van der Waals surface area contributed by atoms with Crippen LogP contribution in [0.2, 0.25) is 0 Å². The summed E-state index contributed by atoms with van der Waals surface area (Å²) in [4.78, 5) is 0. The third-order valence-corrected chi connectivity index (χ3v) is 2.41. The molecule has 0 amide bonds. The zero-order chi connectivity index (χ0) is 9.94. The molecule has 0 rings (SSSR count). The lowest BCUT2D eigenvalue weighted by Gasteiger charge is -2.13. The number of rotatable bonds is 9. The Hall–Kier alpha value is -0.0800. The van der Waals surface area contributed by atoms with E-state index in [1.807, 2.05) is 0 Å². The van der Waals surface area contributed by atoms with Gasteiger partial charge in [-0.15, -0.1) is 0 Å². The van der Waals surface area contributed by atoms with Gasteiger partial charge in [-0.25, -0.2) is 0 Å². The maximum atomic E-state index is 8.73. The lowest BCUT2D eigenvalue weighted by Crippen LogP contribution is -2.12. The Kier molecular flexibility index (Phi) is 9.94. The molecule has 2 heteroatoms. The Morgan fingerprint density at radius 2 is 1.77 bits per heavy atom. The van der Waals surface area contributed by atoms with Gasteiger partial charge in [0.05, 0.1) is 6.10 Å². The Bertz CT molecular complexity index is 94.1. The van der Waals surface area contributed by atoms with E-state index in [0.29, 0.717) is 0 Å². The number of aliphatic hydroxyl groups is 1. The van der Waals surface area contributed by atoms with E-state index in [0.717, 1.165) is 12.8 Å². The summed E-state index contributed by atoms with van der Waals surface area (Å²) >= 11 is 0. The third kappa shape index (κ3) is 8.26. The summed E-state index contributed by atoms with van der Waals surface area (Å²) in [6.07, 6.45) is 8.67. The van der Waals surface area contributed by atoms with E-state index in [4.69, 9.17) is 9.84 Å². The van der Waals surface area contributed by atoms with Gasteiger partial charge in [0.15, 0.2) is 0 Å². The number of hydrogen-bond donors (Lipinski definition) is 1. The van der Waals surface area contributed by atoms with E-state index in [-0.39, 0.29) is 12.7 Å². The average Bonchev–Trinajstić information content (AvgIpc) is 2.16. The van der Waals surface area contributed by atoms with Gasteiger partial charge in [0.2, 0.25) is 0 Å². The molecule has 2 nitrogen and oxygen atoms in total. The first kappa shape index (κ1) is 12.9. The van der Waals surface area contributed by atoms with Crippen LogP contribution in [0.1, 0.15) is 51.9 Å². The van der Waals surface area contributed by atoms with Crippen LogP contribution in [0, 0.1) is 0 Å². The lowest BCUT2D eigenvalue weighted by molar-refractivity contribution is 0.0691. The molecule has 0 unspecified atom stereocenters. The molecule has 0 aliphatic carbocycles.